The number of carbonyl (C=O) groups is 1. The van der Waals surface area contributed by atoms with Gasteiger partial charge in [0.15, 0.2) is 0 Å². The predicted octanol–water partition coefficient (Wildman–Crippen LogP) is 3.57. The molecule has 0 heterocycles. The van der Waals surface area contributed by atoms with Gasteiger partial charge in [0, 0.05) is 25.7 Å². The quantitative estimate of drug-likeness (QED) is 0.612. The van der Waals surface area contributed by atoms with Crippen LogP contribution in [-0.2, 0) is 16.1 Å². The highest BCUT2D eigenvalue weighted by Crippen LogP contribution is 2.28. The Labute approximate surface area is 161 Å². The number of benzene rings is 2. The van der Waals surface area contributed by atoms with Gasteiger partial charge >= 0.3 is 5.97 Å². The summed E-state index contributed by atoms with van der Waals surface area (Å²) in [6.45, 7) is 3.66. The Morgan fingerprint density at radius 2 is 1.81 bits per heavy atom. The normalized spacial score (nSPS) is 12.0. The highest BCUT2D eigenvalue weighted by Gasteiger charge is 2.24. The molecule has 0 saturated heterocycles. The lowest BCUT2D eigenvalue weighted by Crippen LogP contribution is -2.32. The van der Waals surface area contributed by atoms with E-state index in [-0.39, 0.29) is 25.0 Å². The maximum Gasteiger partial charge on any atom is 0.307 e. The molecule has 1 N–H and O–H groups in total. The Bertz CT molecular complexity index is 672. The fraction of sp³-hybridized carbons (Fsp3) is 0.409. The molecule has 0 aliphatic rings. The summed E-state index contributed by atoms with van der Waals surface area (Å²) in [5.74, 6) is 0.555. The van der Waals surface area contributed by atoms with Gasteiger partial charge in [0.1, 0.15) is 5.75 Å². The second-order valence-corrected chi connectivity index (χ2v) is 6.33. The summed E-state index contributed by atoms with van der Waals surface area (Å²) < 4.78 is 10.5. The first-order valence-corrected chi connectivity index (χ1v) is 9.36. The van der Waals surface area contributed by atoms with Gasteiger partial charge in [-0.05, 0) is 36.6 Å². The number of aliphatic hydroxyl groups is 1. The number of carbonyl (C=O) groups excluding carboxylic acids is 1. The first kappa shape index (κ1) is 20.9. The number of hydrogen-bond donors (Lipinski definition) is 1. The summed E-state index contributed by atoms with van der Waals surface area (Å²) >= 11 is 0. The largest absolute Gasteiger partial charge is 0.497 e. The van der Waals surface area contributed by atoms with Gasteiger partial charge in [-0.15, -0.1) is 0 Å². The van der Waals surface area contributed by atoms with Crippen LogP contribution in [0.1, 0.15) is 36.9 Å². The average molecular weight is 371 g/mol. The van der Waals surface area contributed by atoms with Crippen LogP contribution in [0, 0.1) is 0 Å². The standard InChI is InChI=1S/C22H29NO4/c1-3-27-22(25)16-21(19-10-12-20(26-2)13-11-19)23(14-7-15-24)17-18-8-5-4-6-9-18/h4-6,8-13,21,24H,3,7,14-17H2,1-2H3. The molecule has 146 valence electrons. The molecule has 0 aliphatic carbocycles. The van der Waals surface area contributed by atoms with Crippen LogP contribution in [0.5, 0.6) is 5.75 Å². The van der Waals surface area contributed by atoms with Gasteiger partial charge in [-0.2, -0.15) is 0 Å². The first-order chi connectivity index (χ1) is 13.2. The van der Waals surface area contributed by atoms with E-state index >= 15 is 0 Å². The molecule has 2 rings (SSSR count). The van der Waals surface area contributed by atoms with E-state index in [1.807, 2.05) is 49.4 Å². The third kappa shape index (κ3) is 6.70. The van der Waals surface area contributed by atoms with Crippen molar-refractivity contribution in [2.24, 2.45) is 0 Å². The lowest BCUT2D eigenvalue weighted by Gasteiger charge is -2.32. The number of esters is 1. The number of nitrogens with zero attached hydrogens (tertiary/aromatic N) is 1. The zero-order chi connectivity index (χ0) is 19.5. The van der Waals surface area contributed by atoms with Crippen molar-refractivity contribution in [2.75, 3.05) is 26.9 Å². The summed E-state index contributed by atoms with van der Waals surface area (Å²) in [5, 5.41) is 9.33. The molecule has 2 aromatic rings. The molecule has 0 radical (unpaired) electrons. The number of aliphatic hydroxyl groups excluding tert-OH is 1. The third-order valence-corrected chi connectivity index (χ3v) is 4.44. The van der Waals surface area contributed by atoms with E-state index in [0.29, 0.717) is 26.1 Å². The second kappa shape index (κ2) is 11.4. The van der Waals surface area contributed by atoms with Gasteiger partial charge < -0.3 is 14.6 Å². The maximum atomic E-state index is 12.3. The smallest absolute Gasteiger partial charge is 0.307 e. The molecule has 27 heavy (non-hydrogen) atoms. The highest BCUT2D eigenvalue weighted by molar-refractivity contribution is 5.70. The molecule has 5 heteroatoms. The highest BCUT2D eigenvalue weighted by atomic mass is 16.5. The molecular weight excluding hydrogens is 342 g/mol. The number of rotatable bonds is 11. The SMILES string of the molecule is CCOC(=O)CC(c1ccc(OC)cc1)N(CCCO)Cc1ccccc1. The predicted molar refractivity (Wildman–Crippen MR) is 106 cm³/mol. The fourth-order valence-corrected chi connectivity index (χ4v) is 3.10. The van der Waals surface area contributed by atoms with E-state index < -0.39 is 0 Å². The van der Waals surface area contributed by atoms with E-state index in [4.69, 9.17) is 9.47 Å². The van der Waals surface area contributed by atoms with E-state index in [2.05, 4.69) is 17.0 Å². The Balaban J connectivity index is 2.29. The minimum atomic E-state index is -0.222. The van der Waals surface area contributed by atoms with Crippen LogP contribution < -0.4 is 4.74 Å². The van der Waals surface area contributed by atoms with Gasteiger partial charge in [-0.3, -0.25) is 9.69 Å². The van der Waals surface area contributed by atoms with E-state index in [1.54, 1.807) is 7.11 Å². The Morgan fingerprint density at radius 3 is 2.41 bits per heavy atom. The van der Waals surface area contributed by atoms with Gasteiger partial charge in [0.25, 0.3) is 0 Å². The first-order valence-electron chi connectivity index (χ1n) is 9.36. The van der Waals surface area contributed by atoms with Crippen molar-refractivity contribution in [3.05, 3.63) is 65.7 Å². The van der Waals surface area contributed by atoms with Crippen molar-refractivity contribution in [3.8, 4) is 5.75 Å². The summed E-state index contributed by atoms with van der Waals surface area (Å²) in [6.07, 6.45) is 0.904. The molecule has 0 spiro atoms. The lowest BCUT2D eigenvalue weighted by atomic mass is 10.0. The van der Waals surface area contributed by atoms with Crippen molar-refractivity contribution in [1.82, 2.24) is 4.90 Å². The van der Waals surface area contributed by atoms with E-state index in [0.717, 1.165) is 16.9 Å². The number of ether oxygens (including phenoxy) is 2. The molecule has 0 bridgehead atoms. The van der Waals surface area contributed by atoms with Crippen molar-refractivity contribution in [2.45, 2.75) is 32.4 Å². The third-order valence-electron chi connectivity index (χ3n) is 4.44. The summed E-state index contributed by atoms with van der Waals surface area (Å²) in [5.41, 5.74) is 2.19. The average Bonchev–Trinajstić information content (AvgIpc) is 2.70. The molecule has 0 aliphatic heterocycles. The summed E-state index contributed by atoms with van der Waals surface area (Å²) in [4.78, 5) is 14.5. The minimum Gasteiger partial charge on any atom is -0.497 e. The van der Waals surface area contributed by atoms with Crippen molar-refractivity contribution in [1.29, 1.82) is 0 Å². The topological polar surface area (TPSA) is 59.0 Å². The van der Waals surface area contributed by atoms with Crippen molar-refractivity contribution >= 4 is 5.97 Å². The van der Waals surface area contributed by atoms with Gasteiger partial charge in [0.2, 0.25) is 0 Å². The fourth-order valence-electron chi connectivity index (χ4n) is 3.10. The molecule has 0 fully saturated rings. The summed E-state index contributed by atoms with van der Waals surface area (Å²) in [6, 6.07) is 17.8. The van der Waals surface area contributed by atoms with E-state index in [9.17, 15) is 9.90 Å². The molecule has 0 saturated carbocycles. The van der Waals surface area contributed by atoms with Crippen LogP contribution >= 0.6 is 0 Å². The Hall–Kier alpha value is -2.37. The van der Waals surface area contributed by atoms with Gasteiger partial charge in [-0.1, -0.05) is 42.5 Å². The molecular formula is C22H29NO4. The molecule has 2 aromatic carbocycles. The molecule has 0 aromatic heterocycles. The monoisotopic (exact) mass is 371 g/mol. The summed E-state index contributed by atoms with van der Waals surface area (Å²) in [7, 11) is 1.63. The van der Waals surface area contributed by atoms with Crippen LogP contribution in [0.15, 0.2) is 54.6 Å². The molecule has 5 nitrogen and oxygen atoms in total. The van der Waals surface area contributed by atoms with Crippen LogP contribution in [0.4, 0.5) is 0 Å². The van der Waals surface area contributed by atoms with E-state index in [1.165, 1.54) is 0 Å². The number of methoxy groups -OCH3 is 1. The maximum absolute atomic E-state index is 12.3. The van der Waals surface area contributed by atoms with Crippen LogP contribution in [0.25, 0.3) is 0 Å². The van der Waals surface area contributed by atoms with Gasteiger partial charge in [0.05, 0.1) is 20.1 Å². The zero-order valence-electron chi connectivity index (χ0n) is 16.1. The van der Waals surface area contributed by atoms with Crippen LogP contribution in [0.3, 0.4) is 0 Å². The molecule has 1 unspecified atom stereocenters. The number of hydrogen-bond acceptors (Lipinski definition) is 5. The van der Waals surface area contributed by atoms with Crippen molar-refractivity contribution in [3.63, 3.8) is 0 Å². The minimum absolute atomic E-state index is 0.111. The van der Waals surface area contributed by atoms with Crippen LogP contribution in [-0.4, -0.2) is 42.8 Å². The molecule has 0 amide bonds. The van der Waals surface area contributed by atoms with Crippen molar-refractivity contribution < 1.29 is 19.4 Å². The zero-order valence-corrected chi connectivity index (χ0v) is 16.1. The molecule has 1 atom stereocenters. The lowest BCUT2D eigenvalue weighted by molar-refractivity contribution is -0.144. The second-order valence-electron chi connectivity index (χ2n) is 6.33. The van der Waals surface area contributed by atoms with Gasteiger partial charge in [-0.25, -0.2) is 0 Å². The Kier molecular flexibility index (Phi) is 8.81. The Morgan fingerprint density at radius 1 is 1.11 bits per heavy atom. The van der Waals surface area contributed by atoms with Crippen LogP contribution in [0.2, 0.25) is 0 Å².